The van der Waals surface area contributed by atoms with Crippen LogP contribution in [0.3, 0.4) is 0 Å². The Bertz CT molecular complexity index is 976. The Balaban J connectivity index is 1.90. The number of fused-ring (bicyclic) bond motifs is 3. The van der Waals surface area contributed by atoms with Gasteiger partial charge in [-0.25, -0.2) is 8.42 Å². The second-order valence-corrected chi connectivity index (χ2v) is 10.7. The van der Waals surface area contributed by atoms with Gasteiger partial charge in [0, 0.05) is 32.7 Å². The van der Waals surface area contributed by atoms with Crippen molar-refractivity contribution in [1.82, 2.24) is 14.5 Å². The number of hydrogen-bond donors (Lipinski definition) is 1. The van der Waals surface area contributed by atoms with Gasteiger partial charge in [-0.3, -0.25) is 14.5 Å². The lowest BCUT2D eigenvalue weighted by Gasteiger charge is -2.45. The van der Waals surface area contributed by atoms with Crippen LogP contribution in [0.2, 0.25) is 0 Å². The van der Waals surface area contributed by atoms with Gasteiger partial charge in [0.15, 0.2) is 0 Å². The minimum atomic E-state index is -3.69. The molecular weight excluding hydrogens is 454 g/mol. The third-order valence-electron chi connectivity index (χ3n) is 6.89. The van der Waals surface area contributed by atoms with Crippen LogP contribution in [0, 0.1) is 0 Å². The number of carbonyl (C=O) groups is 2. The molecule has 1 saturated heterocycles. The molecule has 2 aliphatic rings. The van der Waals surface area contributed by atoms with Crippen LogP contribution in [0.4, 0.5) is 11.4 Å². The number of benzene rings is 1. The van der Waals surface area contributed by atoms with Crippen LogP contribution in [-0.2, 0) is 19.6 Å². The highest BCUT2D eigenvalue weighted by Crippen LogP contribution is 2.40. The summed E-state index contributed by atoms with van der Waals surface area (Å²) in [5.74, 6) is -0.379. The van der Waals surface area contributed by atoms with Crippen molar-refractivity contribution in [3.8, 4) is 0 Å². The molecule has 2 heterocycles. The van der Waals surface area contributed by atoms with E-state index < -0.39 is 10.0 Å². The summed E-state index contributed by atoms with van der Waals surface area (Å²) in [5, 5.41) is 2.92. The van der Waals surface area contributed by atoms with E-state index in [9.17, 15) is 18.0 Å². The van der Waals surface area contributed by atoms with Crippen LogP contribution >= 0.6 is 0 Å². The van der Waals surface area contributed by atoms with Crippen LogP contribution < -0.4 is 15.1 Å². The van der Waals surface area contributed by atoms with Crippen LogP contribution in [-0.4, -0.2) is 87.8 Å². The van der Waals surface area contributed by atoms with Crippen LogP contribution in [0.1, 0.15) is 47.0 Å². The zero-order chi connectivity index (χ0) is 24.9. The van der Waals surface area contributed by atoms with E-state index in [0.717, 1.165) is 51.1 Å². The Labute approximate surface area is 204 Å². The number of hydrogen-bond acceptors (Lipinski definition) is 6. The highest BCUT2D eigenvalue weighted by atomic mass is 32.2. The largest absolute Gasteiger partial charge is 0.358 e. The van der Waals surface area contributed by atoms with Crippen molar-refractivity contribution in [3.63, 3.8) is 0 Å². The molecule has 2 amide bonds. The fourth-order valence-corrected chi connectivity index (χ4v) is 6.35. The summed E-state index contributed by atoms with van der Waals surface area (Å²) in [6.45, 7) is 12.2. The molecule has 1 fully saturated rings. The Morgan fingerprint density at radius 2 is 1.76 bits per heavy atom. The first-order valence-electron chi connectivity index (χ1n) is 12.5. The second kappa shape index (κ2) is 11.5. The van der Waals surface area contributed by atoms with Gasteiger partial charge in [-0.05, 0) is 50.6 Å². The number of anilines is 2. The van der Waals surface area contributed by atoms with Crippen LogP contribution in [0.15, 0.2) is 23.1 Å². The zero-order valence-corrected chi connectivity index (χ0v) is 21.7. The molecule has 1 aromatic rings. The molecular formula is C24H39N5O4S. The monoisotopic (exact) mass is 493 g/mol. The minimum Gasteiger partial charge on any atom is -0.358 e. The van der Waals surface area contributed by atoms with Crippen molar-refractivity contribution in [2.75, 3.05) is 62.2 Å². The van der Waals surface area contributed by atoms with E-state index in [2.05, 4.69) is 29.0 Å². The number of sulfonamides is 1. The summed E-state index contributed by atoms with van der Waals surface area (Å²) in [5.41, 5.74) is 1.31. The zero-order valence-electron chi connectivity index (χ0n) is 20.9. The average Bonchev–Trinajstić information content (AvgIpc) is 2.84. The van der Waals surface area contributed by atoms with Gasteiger partial charge in [-0.15, -0.1) is 0 Å². The normalized spacial score (nSPS) is 18.3. The Hall–Kier alpha value is -2.17. The number of rotatable bonds is 11. The number of carbonyl (C=O) groups excluding carboxylic acids is 2. The summed E-state index contributed by atoms with van der Waals surface area (Å²) in [6.07, 6.45) is 2.67. The topological polar surface area (TPSA) is 93.3 Å². The van der Waals surface area contributed by atoms with Gasteiger partial charge in [0.1, 0.15) is 12.6 Å². The van der Waals surface area contributed by atoms with Crippen LogP contribution in [0.5, 0.6) is 0 Å². The first-order valence-corrected chi connectivity index (χ1v) is 13.9. The van der Waals surface area contributed by atoms with E-state index in [1.807, 2.05) is 0 Å². The highest BCUT2D eigenvalue weighted by Gasteiger charge is 2.40. The molecule has 10 heteroatoms. The number of nitrogens with zero attached hydrogens (tertiary/aromatic N) is 4. The van der Waals surface area contributed by atoms with Crippen molar-refractivity contribution < 1.29 is 18.0 Å². The third-order valence-corrected chi connectivity index (χ3v) is 8.94. The predicted octanol–water partition coefficient (Wildman–Crippen LogP) is 1.88. The van der Waals surface area contributed by atoms with E-state index in [-0.39, 0.29) is 29.3 Å². The molecule has 0 saturated carbocycles. The molecule has 1 unspecified atom stereocenters. The van der Waals surface area contributed by atoms with Gasteiger partial charge in [-0.2, -0.15) is 4.31 Å². The van der Waals surface area contributed by atoms with Gasteiger partial charge < -0.3 is 15.1 Å². The van der Waals surface area contributed by atoms with Crippen molar-refractivity contribution >= 4 is 33.2 Å². The second-order valence-electron chi connectivity index (χ2n) is 8.75. The van der Waals surface area contributed by atoms with Gasteiger partial charge >= 0.3 is 0 Å². The molecule has 1 N–H and O–H groups in total. The van der Waals surface area contributed by atoms with Gasteiger partial charge in [0.2, 0.25) is 21.8 Å². The molecule has 0 spiro atoms. The molecule has 9 nitrogen and oxygen atoms in total. The molecule has 1 atom stereocenters. The maximum absolute atomic E-state index is 13.5. The summed E-state index contributed by atoms with van der Waals surface area (Å²) >= 11 is 0. The van der Waals surface area contributed by atoms with Gasteiger partial charge in [0.25, 0.3) is 0 Å². The lowest BCUT2D eigenvalue weighted by molar-refractivity contribution is -0.125. The fourth-order valence-electron chi connectivity index (χ4n) is 4.87. The smallest absolute Gasteiger partial charge is 0.250 e. The third kappa shape index (κ3) is 5.39. The van der Waals surface area contributed by atoms with Gasteiger partial charge in [0.05, 0.1) is 16.3 Å². The van der Waals surface area contributed by atoms with Crippen molar-refractivity contribution in [3.05, 3.63) is 18.2 Å². The number of likely N-dealkylation sites (N-methyl/N-ethyl adjacent to an activating group) is 1. The molecule has 1 aromatic carbocycles. The quantitative estimate of drug-likeness (QED) is 0.506. The van der Waals surface area contributed by atoms with E-state index >= 15 is 0 Å². The van der Waals surface area contributed by atoms with Crippen LogP contribution in [0.25, 0.3) is 0 Å². The standard InChI is InChI=1S/C24H39N5O4S/c1-5-26(6-2)16-14-25-23(30)18-29-22-17-19(34(32,33)27(7-3)8-4)12-13-20(22)28-15-10-9-11-21(28)24(29)31/h12-13,17,21H,5-11,14-16,18H2,1-4H3,(H,25,30). The molecule has 0 aromatic heterocycles. The fraction of sp³-hybridized carbons (Fsp3) is 0.667. The summed E-state index contributed by atoms with van der Waals surface area (Å²) in [7, 11) is -3.69. The van der Waals surface area contributed by atoms with Crippen molar-refractivity contribution in [2.24, 2.45) is 0 Å². The van der Waals surface area contributed by atoms with Crippen molar-refractivity contribution in [1.29, 1.82) is 0 Å². The lowest BCUT2D eigenvalue weighted by atomic mass is 9.96. The highest BCUT2D eigenvalue weighted by molar-refractivity contribution is 7.89. The first-order chi connectivity index (χ1) is 16.3. The van der Waals surface area contributed by atoms with E-state index in [1.165, 1.54) is 9.21 Å². The van der Waals surface area contributed by atoms with Gasteiger partial charge in [-0.1, -0.05) is 27.7 Å². The number of nitrogens with one attached hydrogen (secondary N) is 1. The molecule has 2 aliphatic heterocycles. The van der Waals surface area contributed by atoms with E-state index in [4.69, 9.17) is 0 Å². The summed E-state index contributed by atoms with van der Waals surface area (Å²) in [6, 6.07) is 4.67. The summed E-state index contributed by atoms with van der Waals surface area (Å²) < 4.78 is 27.7. The molecule has 0 radical (unpaired) electrons. The molecule has 34 heavy (non-hydrogen) atoms. The average molecular weight is 494 g/mol. The molecule has 0 aliphatic carbocycles. The Kier molecular flexibility index (Phi) is 8.95. The molecule has 3 rings (SSSR count). The SMILES string of the molecule is CCN(CC)CCNC(=O)CN1C(=O)C2CCCCN2c2ccc(S(=O)(=O)N(CC)CC)cc21. The molecule has 190 valence electrons. The Morgan fingerprint density at radius 3 is 2.41 bits per heavy atom. The molecule has 0 bridgehead atoms. The maximum Gasteiger partial charge on any atom is 0.250 e. The predicted molar refractivity (Wildman–Crippen MR) is 135 cm³/mol. The number of amides is 2. The maximum atomic E-state index is 13.5. The first kappa shape index (κ1) is 26.4. The number of piperidine rings is 1. The lowest BCUT2D eigenvalue weighted by Crippen LogP contribution is -2.57. The van der Waals surface area contributed by atoms with Crippen molar-refractivity contribution in [2.45, 2.75) is 57.9 Å². The Morgan fingerprint density at radius 1 is 1.06 bits per heavy atom. The van der Waals surface area contributed by atoms with E-state index in [0.29, 0.717) is 25.3 Å². The summed E-state index contributed by atoms with van der Waals surface area (Å²) in [4.78, 5) is 32.2. The minimum absolute atomic E-state index is 0.122. The van der Waals surface area contributed by atoms with E-state index in [1.54, 1.807) is 32.0 Å².